The number of aromatic nitrogens is 1. The molecule has 1 amide bonds. The van der Waals surface area contributed by atoms with Gasteiger partial charge in [-0.2, -0.15) is 10.2 Å². The van der Waals surface area contributed by atoms with Crippen molar-refractivity contribution in [1.29, 1.82) is 5.26 Å². The van der Waals surface area contributed by atoms with Crippen LogP contribution in [0.15, 0.2) is 75.6 Å². The highest BCUT2D eigenvalue weighted by Crippen LogP contribution is 2.30. The maximum Gasteiger partial charge on any atom is 0.266 e. The van der Waals surface area contributed by atoms with E-state index in [1.54, 1.807) is 12.1 Å². The molecule has 0 atom stereocenters. The lowest BCUT2D eigenvalue weighted by Crippen LogP contribution is -2.48. The van der Waals surface area contributed by atoms with Gasteiger partial charge in [0, 0.05) is 31.7 Å². The lowest BCUT2D eigenvalue weighted by Gasteiger charge is -2.34. The number of furan rings is 1. The summed E-state index contributed by atoms with van der Waals surface area (Å²) >= 11 is 0. The lowest BCUT2D eigenvalue weighted by molar-refractivity contribution is 0.0745. The van der Waals surface area contributed by atoms with Gasteiger partial charge in [0.2, 0.25) is 11.6 Å². The van der Waals surface area contributed by atoms with E-state index >= 15 is 0 Å². The van der Waals surface area contributed by atoms with E-state index in [1.807, 2.05) is 71.3 Å². The largest absolute Gasteiger partial charge is 0.486 e. The van der Waals surface area contributed by atoms with E-state index in [2.05, 4.69) is 11.1 Å². The molecule has 2 aromatic heterocycles. The zero-order chi connectivity index (χ0) is 24.2. The van der Waals surface area contributed by atoms with Crippen LogP contribution in [0, 0.1) is 18.3 Å². The third-order valence-electron chi connectivity index (χ3n) is 5.86. The summed E-state index contributed by atoms with van der Waals surface area (Å²) in [6, 6.07) is 22.7. The highest BCUT2D eigenvalue weighted by molar-refractivity contribution is 5.94. The number of amides is 1. The SMILES string of the molecule is Cc1ccc(C(=O)N2CCN(c3oc(-c4ccc(COc5ccccc5)o4)nc3C#N)CC2)cc1. The van der Waals surface area contributed by atoms with Gasteiger partial charge in [0.15, 0.2) is 5.76 Å². The topological polar surface area (TPSA) is 95.7 Å². The van der Waals surface area contributed by atoms with Crippen LogP contribution in [0.2, 0.25) is 0 Å². The van der Waals surface area contributed by atoms with Crippen LogP contribution in [-0.2, 0) is 6.61 Å². The molecule has 1 fully saturated rings. The summed E-state index contributed by atoms with van der Waals surface area (Å²) in [5, 5.41) is 9.62. The van der Waals surface area contributed by atoms with Crippen LogP contribution >= 0.6 is 0 Å². The number of anilines is 1. The Morgan fingerprint density at radius 3 is 2.46 bits per heavy atom. The standard InChI is InChI=1S/C27H24N4O4/c1-19-7-9-20(10-8-19)26(32)30-13-15-31(16-14-30)27-23(17-28)29-25(35-27)24-12-11-22(34-24)18-33-21-5-3-2-4-6-21/h2-12H,13-16,18H2,1H3. The quantitative estimate of drug-likeness (QED) is 0.406. The first-order chi connectivity index (χ1) is 17.1. The zero-order valence-corrected chi connectivity index (χ0v) is 19.3. The Balaban J connectivity index is 1.24. The van der Waals surface area contributed by atoms with E-state index in [4.69, 9.17) is 13.6 Å². The number of aryl methyl sites for hydroxylation is 1. The van der Waals surface area contributed by atoms with Crippen molar-refractivity contribution in [2.75, 3.05) is 31.1 Å². The van der Waals surface area contributed by atoms with E-state index in [0.29, 0.717) is 49.1 Å². The molecule has 0 aliphatic carbocycles. The summed E-state index contributed by atoms with van der Waals surface area (Å²) in [6.07, 6.45) is 0. The molecule has 0 bridgehead atoms. The second-order valence-electron chi connectivity index (χ2n) is 8.30. The molecule has 176 valence electrons. The molecule has 0 unspecified atom stereocenters. The first-order valence-corrected chi connectivity index (χ1v) is 11.4. The van der Waals surface area contributed by atoms with E-state index < -0.39 is 0 Å². The fourth-order valence-electron chi connectivity index (χ4n) is 3.94. The molecule has 1 aliphatic rings. The molecule has 35 heavy (non-hydrogen) atoms. The predicted octanol–water partition coefficient (Wildman–Crippen LogP) is 4.66. The molecule has 2 aromatic carbocycles. The molecule has 4 aromatic rings. The molecule has 0 radical (unpaired) electrons. The maximum absolute atomic E-state index is 12.8. The van der Waals surface area contributed by atoms with Crippen molar-refractivity contribution in [2.45, 2.75) is 13.5 Å². The fraction of sp³-hybridized carbons (Fsp3) is 0.222. The summed E-state index contributed by atoms with van der Waals surface area (Å²) in [4.78, 5) is 20.9. The van der Waals surface area contributed by atoms with Crippen molar-refractivity contribution < 1.29 is 18.4 Å². The first-order valence-electron chi connectivity index (χ1n) is 11.4. The van der Waals surface area contributed by atoms with E-state index in [1.165, 1.54) is 0 Å². The van der Waals surface area contributed by atoms with Gasteiger partial charge in [-0.1, -0.05) is 35.9 Å². The van der Waals surface area contributed by atoms with Gasteiger partial charge in [-0.3, -0.25) is 4.79 Å². The summed E-state index contributed by atoms with van der Waals surface area (Å²) in [7, 11) is 0. The molecule has 5 rings (SSSR count). The van der Waals surface area contributed by atoms with Crippen molar-refractivity contribution in [2.24, 2.45) is 0 Å². The molecule has 1 saturated heterocycles. The highest BCUT2D eigenvalue weighted by Gasteiger charge is 2.27. The Hall–Kier alpha value is -4.51. The summed E-state index contributed by atoms with van der Waals surface area (Å²) < 4.78 is 17.5. The van der Waals surface area contributed by atoms with Crippen LogP contribution in [0.3, 0.4) is 0 Å². The molecule has 0 spiro atoms. The third-order valence-corrected chi connectivity index (χ3v) is 5.86. The minimum absolute atomic E-state index is 0.00394. The molecule has 0 saturated carbocycles. The smallest absolute Gasteiger partial charge is 0.266 e. The summed E-state index contributed by atoms with van der Waals surface area (Å²) in [5.41, 5.74) is 1.98. The Bertz CT molecular complexity index is 1340. The predicted molar refractivity (Wildman–Crippen MR) is 129 cm³/mol. The number of hydrogen-bond donors (Lipinski definition) is 0. The number of nitrogens with zero attached hydrogens (tertiary/aromatic N) is 4. The number of ether oxygens (including phenoxy) is 1. The molecule has 3 heterocycles. The molecule has 8 nitrogen and oxygen atoms in total. The second-order valence-corrected chi connectivity index (χ2v) is 8.30. The summed E-state index contributed by atoms with van der Waals surface area (Å²) in [6.45, 7) is 4.38. The summed E-state index contributed by atoms with van der Waals surface area (Å²) in [5.74, 6) is 2.42. The van der Waals surface area contributed by atoms with Gasteiger partial charge in [-0.15, -0.1) is 0 Å². The molecular weight excluding hydrogens is 444 g/mol. The van der Waals surface area contributed by atoms with Gasteiger partial charge < -0.3 is 23.4 Å². The van der Waals surface area contributed by atoms with Crippen LogP contribution < -0.4 is 9.64 Å². The minimum Gasteiger partial charge on any atom is -0.486 e. The minimum atomic E-state index is 0.00394. The monoisotopic (exact) mass is 468 g/mol. The number of rotatable bonds is 6. The third kappa shape index (κ3) is 4.89. The number of piperazine rings is 1. The van der Waals surface area contributed by atoms with Crippen LogP contribution in [0.1, 0.15) is 27.4 Å². The Morgan fingerprint density at radius 1 is 1.00 bits per heavy atom. The Kier molecular flexibility index (Phi) is 6.22. The van der Waals surface area contributed by atoms with Gasteiger partial charge in [0.25, 0.3) is 11.8 Å². The number of carbonyl (C=O) groups excluding carboxylic acids is 1. The van der Waals surface area contributed by atoms with Crippen LogP contribution in [0.25, 0.3) is 11.7 Å². The van der Waals surface area contributed by atoms with Gasteiger partial charge in [0.1, 0.15) is 24.2 Å². The lowest BCUT2D eigenvalue weighted by atomic mass is 10.1. The fourth-order valence-corrected chi connectivity index (χ4v) is 3.94. The first kappa shape index (κ1) is 22.3. The Morgan fingerprint density at radius 2 is 1.74 bits per heavy atom. The zero-order valence-electron chi connectivity index (χ0n) is 19.3. The van der Waals surface area contributed by atoms with E-state index in [0.717, 1.165) is 11.3 Å². The number of benzene rings is 2. The van der Waals surface area contributed by atoms with Crippen LogP contribution in [0.5, 0.6) is 5.75 Å². The number of oxazole rings is 1. The van der Waals surface area contributed by atoms with Crippen molar-refractivity contribution >= 4 is 11.8 Å². The van der Waals surface area contributed by atoms with Crippen LogP contribution in [0.4, 0.5) is 5.88 Å². The number of carbonyl (C=O) groups is 1. The van der Waals surface area contributed by atoms with Crippen molar-refractivity contribution in [1.82, 2.24) is 9.88 Å². The van der Waals surface area contributed by atoms with Crippen molar-refractivity contribution in [3.8, 4) is 23.5 Å². The average molecular weight is 469 g/mol. The Labute approximate surface area is 203 Å². The van der Waals surface area contributed by atoms with Gasteiger partial charge >= 0.3 is 0 Å². The highest BCUT2D eigenvalue weighted by atomic mass is 16.5. The maximum atomic E-state index is 12.8. The van der Waals surface area contributed by atoms with Crippen molar-refractivity contribution in [3.63, 3.8) is 0 Å². The number of hydrogen-bond acceptors (Lipinski definition) is 7. The number of nitriles is 1. The van der Waals surface area contributed by atoms with E-state index in [-0.39, 0.29) is 24.1 Å². The van der Waals surface area contributed by atoms with Crippen molar-refractivity contribution in [3.05, 3.63) is 89.3 Å². The van der Waals surface area contributed by atoms with Gasteiger partial charge in [0.05, 0.1) is 0 Å². The second kappa shape index (κ2) is 9.77. The molecule has 0 N–H and O–H groups in total. The molecular formula is C27H24N4O4. The van der Waals surface area contributed by atoms with Gasteiger partial charge in [-0.25, -0.2) is 0 Å². The normalized spacial score (nSPS) is 13.5. The number of para-hydroxylation sites is 1. The van der Waals surface area contributed by atoms with Crippen LogP contribution in [-0.4, -0.2) is 42.0 Å². The molecule has 8 heteroatoms. The van der Waals surface area contributed by atoms with Gasteiger partial charge in [-0.05, 0) is 43.3 Å². The average Bonchev–Trinajstić information content (AvgIpc) is 3.55. The van der Waals surface area contributed by atoms with E-state index in [9.17, 15) is 10.1 Å². The molecule has 1 aliphatic heterocycles.